The van der Waals surface area contributed by atoms with E-state index in [4.69, 9.17) is 17.5 Å². The van der Waals surface area contributed by atoms with Crippen LogP contribution >= 0.6 is 12.2 Å². The molecule has 2 heterocycles. The molecule has 2 N–H and O–H groups in total. The molecule has 0 amide bonds. The van der Waals surface area contributed by atoms with Crippen LogP contribution in [0, 0.1) is 16.1 Å². The third kappa shape index (κ3) is 1.13. The largest absolute Gasteiger partial charge is 0.330 e. The van der Waals surface area contributed by atoms with Crippen molar-refractivity contribution >= 4 is 29.3 Å². The van der Waals surface area contributed by atoms with Gasteiger partial charge in [-0.1, -0.05) is 12.7 Å². The Morgan fingerprint density at radius 1 is 1.57 bits per heavy atom. The minimum atomic E-state index is 0.345. The van der Waals surface area contributed by atoms with Gasteiger partial charge in [-0.15, -0.1) is 0 Å². The van der Waals surface area contributed by atoms with E-state index in [0.29, 0.717) is 16.0 Å². The molecule has 0 aliphatic heterocycles. The molecule has 0 spiro atoms. The maximum atomic E-state index is 8.81. The first-order valence-corrected chi connectivity index (χ1v) is 4.30. The second kappa shape index (κ2) is 3.09. The maximum absolute atomic E-state index is 8.81. The molecule has 0 saturated heterocycles. The second-order valence-electron chi connectivity index (χ2n) is 2.70. The minimum Gasteiger partial charge on any atom is -0.330 e. The van der Waals surface area contributed by atoms with E-state index in [1.807, 2.05) is 6.07 Å². The molecule has 2 aromatic heterocycles. The van der Waals surface area contributed by atoms with Crippen molar-refractivity contribution in [3.63, 3.8) is 0 Å². The van der Waals surface area contributed by atoms with Crippen LogP contribution in [0.4, 0.5) is 0 Å². The van der Waals surface area contributed by atoms with Gasteiger partial charge in [0.05, 0.1) is 17.2 Å². The lowest BCUT2D eigenvalue weighted by molar-refractivity contribution is 1.27. The van der Waals surface area contributed by atoms with Crippen molar-refractivity contribution in [1.29, 1.82) is 5.26 Å². The lowest BCUT2D eigenvalue weighted by Gasteiger charge is -1.97. The fraction of sp³-hybridized carbons (Fsp3) is 0. The molecule has 0 unspecified atom stereocenters. The van der Waals surface area contributed by atoms with Crippen molar-refractivity contribution < 1.29 is 0 Å². The average molecular weight is 202 g/mol. The van der Waals surface area contributed by atoms with Crippen LogP contribution in [0.1, 0.15) is 11.3 Å². The standard InChI is InChI=1S/C9H6N4S/c1-2-5-6(3-10)11-4-7-8(5)13-9(14)12-7/h2,4H,1H2,(H2,12,13,14). The molecule has 0 fully saturated rings. The summed E-state index contributed by atoms with van der Waals surface area (Å²) in [6.07, 6.45) is 3.17. The van der Waals surface area contributed by atoms with E-state index in [9.17, 15) is 0 Å². The summed E-state index contributed by atoms with van der Waals surface area (Å²) < 4.78 is 0.514. The summed E-state index contributed by atoms with van der Waals surface area (Å²) in [5.74, 6) is 0. The van der Waals surface area contributed by atoms with Gasteiger partial charge in [0.1, 0.15) is 11.8 Å². The molecule has 0 aliphatic rings. The zero-order chi connectivity index (χ0) is 10.1. The molecule has 68 valence electrons. The summed E-state index contributed by atoms with van der Waals surface area (Å²) >= 11 is 4.94. The van der Waals surface area contributed by atoms with Gasteiger partial charge in [0.2, 0.25) is 0 Å². The molecule has 14 heavy (non-hydrogen) atoms. The molecule has 0 saturated carbocycles. The van der Waals surface area contributed by atoms with E-state index < -0.39 is 0 Å². The summed E-state index contributed by atoms with van der Waals surface area (Å²) in [6, 6.07) is 2.00. The van der Waals surface area contributed by atoms with Crippen molar-refractivity contribution in [3.8, 4) is 6.07 Å². The Kier molecular flexibility index (Phi) is 1.91. The Morgan fingerprint density at radius 3 is 3.00 bits per heavy atom. The first-order valence-electron chi connectivity index (χ1n) is 3.90. The number of imidazole rings is 1. The van der Waals surface area contributed by atoms with Gasteiger partial charge in [-0.2, -0.15) is 5.26 Å². The molecule has 2 rings (SSSR count). The highest BCUT2D eigenvalue weighted by molar-refractivity contribution is 7.71. The van der Waals surface area contributed by atoms with Gasteiger partial charge in [0.25, 0.3) is 0 Å². The van der Waals surface area contributed by atoms with Gasteiger partial charge in [0.15, 0.2) is 4.77 Å². The number of hydrogen-bond donors (Lipinski definition) is 2. The normalized spacial score (nSPS) is 9.93. The zero-order valence-electron chi connectivity index (χ0n) is 7.16. The van der Waals surface area contributed by atoms with E-state index >= 15 is 0 Å². The first kappa shape index (κ1) is 8.66. The number of nitrogens with zero attached hydrogens (tertiary/aromatic N) is 2. The fourth-order valence-corrected chi connectivity index (χ4v) is 1.52. The number of H-pyrrole nitrogens is 2. The SMILES string of the molecule is C=Cc1c(C#N)ncc2[nH]c(=S)[nH]c12. The lowest BCUT2D eigenvalue weighted by atomic mass is 10.2. The molecule has 0 aromatic carbocycles. The number of aromatic amines is 2. The van der Waals surface area contributed by atoms with E-state index in [1.165, 1.54) is 0 Å². The van der Waals surface area contributed by atoms with Crippen LogP contribution in [0.3, 0.4) is 0 Å². The number of nitrogens with one attached hydrogen (secondary N) is 2. The molecule has 4 nitrogen and oxygen atoms in total. The fourth-order valence-electron chi connectivity index (χ4n) is 1.31. The summed E-state index contributed by atoms with van der Waals surface area (Å²) in [6.45, 7) is 3.64. The molecule has 0 bridgehead atoms. The second-order valence-corrected chi connectivity index (χ2v) is 3.11. The van der Waals surface area contributed by atoms with E-state index in [2.05, 4.69) is 21.5 Å². The lowest BCUT2D eigenvalue weighted by Crippen LogP contribution is -1.88. The Hall–Kier alpha value is -1.93. The number of hydrogen-bond acceptors (Lipinski definition) is 3. The van der Waals surface area contributed by atoms with Crippen molar-refractivity contribution in [2.45, 2.75) is 0 Å². The van der Waals surface area contributed by atoms with Gasteiger partial charge < -0.3 is 9.97 Å². The van der Waals surface area contributed by atoms with Crippen LogP contribution < -0.4 is 0 Å². The quantitative estimate of drug-likeness (QED) is 0.696. The van der Waals surface area contributed by atoms with Gasteiger partial charge in [-0.25, -0.2) is 4.98 Å². The third-order valence-electron chi connectivity index (χ3n) is 1.91. The van der Waals surface area contributed by atoms with Gasteiger partial charge in [0, 0.05) is 5.56 Å². The number of rotatable bonds is 1. The van der Waals surface area contributed by atoms with Crippen LogP contribution in [0.15, 0.2) is 12.8 Å². The van der Waals surface area contributed by atoms with E-state index in [1.54, 1.807) is 12.3 Å². The van der Waals surface area contributed by atoms with Crippen LogP contribution in [0.5, 0.6) is 0 Å². The number of fused-ring (bicyclic) bond motifs is 1. The molecule has 0 aliphatic carbocycles. The molecular formula is C9H6N4S. The highest BCUT2D eigenvalue weighted by Crippen LogP contribution is 2.18. The molecule has 0 atom stereocenters. The number of aromatic nitrogens is 3. The Bertz CT molecular complexity index is 599. The monoisotopic (exact) mass is 202 g/mol. The summed E-state index contributed by atoms with van der Waals surface area (Å²) in [4.78, 5) is 9.85. The van der Waals surface area contributed by atoms with E-state index in [-0.39, 0.29) is 0 Å². The number of pyridine rings is 1. The Labute approximate surface area is 84.9 Å². The highest BCUT2D eigenvalue weighted by atomic mass is 32.1. The smallest absolute Gasteiger partial charge is 0.175 e. The third-order valence-corrected chi connectivity index (χ3v) is 2.12. The predicted octanol–water partition coefficient (Wildman–Crippen LogP) is 2.14. The van der Waals surface area contributed by atoms with Crippen molar-refractivity contribution in [1.82, 2.24) is 15.0 Å². The Morgan fingerprint density at radius 2 is 2.36 bits per heavy atom. The van der Waals surface area contributed by atoms with Gasteiger partial charge in [-0.05, 0) is 12.2 Å². The summed E-state index contributed by atoms with van der Waals surface area (Å²) in [5, 5.41) is 8.81. The Balaban J connectivity index is 2.98. The zero-order valence-corrected chi connectivity index (χ0v) is 7.98. The van der Waals surface area contributed by atoms with Crippen LogP contribution in [0.25, 0.3) is 17.1 Å². The highest BCUT2D eigenvalue weighted by Gasteiger charge is 2.07. The number of nitriles is 1. The van der Waals surface area contributed by atoms with Gasteiger partial charge >= 0.3 is 0 Å². The minimum absolute atomic E-state index is 0.345. The molecule has 2 aromatic rings. The van der Waals surface area contributed by atoms with Crippen molar-refractivity contribution in [3.05, 3.63) is 28.8 Å². The van der Waals surface area contributed by atoms with Crippen molar-refractivity contribution in [2.24, 2.45) is 0 Å². The van der Waals surface area contributed by atoms with Crippen LogP contribution in [-0.2, 0) is 0 Å². The summed E-state index contributed by atoms with van der Waals surface area (Å²) in [5.41, 5.74) is 2.58. The molecule has 5 heteroatoms. The maximum Gasteiger partial charge on any atom is 0.175 e. The predicted molar refractivity (Wildman–Crippen MR) is 56.1 cm³/mol. The first-order chi connectivity index (χ1) is 6.76. The van der Waals surface area contributed by atoms with Gasteiger partial charge in [-0.3, -0.25) is 0 Å². The van der Waals surface area contributed by atoms with Crippen molar-refractivity contribution in [2.75, 3.05) is 0 Å². The summed E-state index contributed by atoms with van der Waals surface area (Å²) in [7, 11) is 0. The molecular weight excluding hydrogens is 196 g/mol. The van der Waals surface area contributed by atoms with Crippen LogP contribution in [0.2, 0.25) is 0 Å². The topological polar surface area (TPSA) is 68.3 Å². The van der Waals surface area contributed by atoms with Crippen LogP contribution in [-0.4, -0.2) is 15.0 Å². The van der Waals surface area contributed by atoms with E-state index in [0.717, 1.165) is 11.0 Å². The molecule has 0 radical (unpaired) electrons. The average Bonchev–Trinajstić information content (AvgIpc) is 2.56.